The zero-order chi connectivity index (χ0) is 23.8. The number of hydrogen-bond donors (Lipinski definition) is 0. The van der Waals surface area contributed by atoms with E-state index >= 15 is 0 Å². The normalized spacial score (nSPS) is 18.3. The lowest BCUT2D eigenvalue weighted by molar-refractivity contribution is 0.355. The second kappa shape index (κ2) is 8.81. The molecule has 2 atom stereocenters. The number of aromatic nitrogens is 4. The Bertz CT molecular complexity index is 1350. The van der Waals surface area contributed by atoms with Gasteiger partial charge in [-0.15, -0.1) is 5.10 Å². The molecule has 0 spiro atoms. The molecule has 1 saturated heterocycles. The van der Waals surface area contributed by atoms with Crippen LogP contribution in [0, 0.1) is 11.6 Å². The lowest BCUT2D eigenvalue weighted by Crippen LogP contribution is -2.26. The highest BCUT2D eigenvalue weighted by molar-refractivity contribution is 5.68. The molecule has 5 rings (SSSR count). The van der Waals surface area contributed by atoms with Crippen LogP contribution >= 0.6 is 0 Å². The van der Waals surface area contributed by atoms with Crippen molar-refractivity contribution in [1.29, 1.82) is 0 Å². The van der Waals surface area contributed by atoms with Gasteiger partial charge in [0, 0.05) is 26.1 Å². The molecular formula is C25H23F3N6. The van der Waals surface area contributed by atoms with E-state index in [1.54, 1.807) is 33.9 Å². The summed E-state index contributed by atoms with van der Waals surface area (Å²) in [6, 6.07) is 9.99. The van der Waals surface area contributed by atoms with Crippen molar-refractivity contribution in [3.05, 3.63) is 83.4 Å². The Morgan fingerprint density at radius 1 is 1.00 bits per heavy atom. The summed E-state index contributed by atoms with van der Waals surface area (Å²) >= 11 is 0. The third-order valence-corrected chi connectivity index (χ3v) is 5.95. The van der Waals surface area contributed by atoms with Crippen molar-refractivity contribution in [1.82, 2.24) is 19.6 Å². The molecule has 0 amide bonds. The SMILES string of the molecule is CN(C)c1ccc(/C=C/c2cnc3ccc(N4C[C@@H](F)C[C@@H]4c4cc(F)ccc4F)nn23)nc1. The van der Waals surface area contributed by atoms with Crippen LogP contribution < -0.4 is 9.80 Å². The summed E-state index contributed by atoms with van der Waals surface area (Å²) in [4.78, 5) is 12.5. The molecule has 6 nitrogen and oxygen atoms in total. The predicted molar refractivity (Wildman–Crippen MR) is 126 cm³/mol. The van der Waals surface area contributed by atoms with Gasteiger partial charge in [-0.25, -0.2) is 22.7 Å². The molecule has 9 heteroatoms. The van der Waals surface area contributed by atoms with Gasteiger partial charge >= 0.3 is 0 Å². The molecule has 174 valence electrons. The lowest BCUT2D eigenvalue weighted by Gasteiger charge is -2.26. The second-order valence-electron chi connectivity index (χ2n) is 8.48. The number of anilines is 2. The number of hydrogen-bond acceptors (Lipinski definition) is 5. The van der Waals surface area contributed by atoms with E-state index in [-0.39, 0.29) is 18.5 Å². The molecule has 3 aromatic heterocycles. The molecule has 34 heavy (non-hydrogen) atoms. The molecule has 1 aromatic carbocycles. The number of halogens is 3. The van der Waals surface area contributed by atoms with E-state index in [2.05, 4.69) is 15.1 Å². The van der Waals surface area contributed by atoms with Crippen LogP contribution in [-0.2, 0) is 0 Å². The minimum atomic E-state index is -1.18. The maximum absolute atomic E-state index is 14.5. The van der Waals surface area contributed by atoms with E-state index in [1.807, 2.05) is 43.3 Å². The number of benzene rings is 1. The van der Waals surface area contributed by atoms with E-state index in [9.17, 15) is 13.2 Å². The number of imidazole rings is 1. The average Bonchev–Trinajstić information content (AvgIpc) is 3.42. The molecule has 0 aliphatic carbocycles. The molecule has 4 aromatic rings. The minimum Gasteiger partial charge on any atom is -0.376 e. The van der Waals surface area contributed by atoms with Crippen molar-refractivity contribution in [2.75, 3.05) is 30.4 Å². The smallest absolute Gasteiger partial charge is 0.154 e. The van der Waals surface area contributed by atoms with Crippen LogP contribution in [0.3, 0.4) is 0 Å². The summed E-state index contributed by atoms with van der Waals surface area (Å²) in [5.41, 5.74) is 3.22. The van der Waals surface area contributed by atoms with Crippen molar-refractivity contribution >= 4 is 29.3 Å². The lowest BCUT2D eigenvalue weighted by atomic mass is 10.0. The van der Waals surface area contributed by atoms with E-state index in [4.69, 9.17) is 0 Å². The average molecular weight is 464 g/mol. The first-order valence-corrected chi connectivity index (χ1v) is 10.9. The molecule has 1 aliphatic heterocycles. The maximum Gasteiger partial charge on any atom is 0.154 e. The van der Waals surface area contributed by atoms with Gasteiger partial charge in [-0.2, -0.15) is 0 Å². The monoisotopic (exact) mass is 464 g/mol. The zero-order valence-corrected chi connectivity index (χ0v) is 18.7. The van der Waals surface area contributed by atoms with Gasteiger partial charge in [0.25, 0.3) is 0 Å². The number of fused-ring (bicyclic) bond motifs is 1. The first-order valence-electron chi connectivity index (χ1n) is 10.9. The Balaban J connectivity index is 1.46. The predicted octanol–water partition coefficient (Wildman–Crippen LogP) is 4.93. The Morgan fingerprint density at radius 3 is 2.62 bits per heavy atom. The summed E-state index contributed by atoms with van der Waals surface area (Å²) in [7, 11) is 3.90. The summed E-state index contributed by atoms with van der Waals surface area (Å²) in [6.07, 6.45) is 6.06. The van der Waals surface area contributed by atoms with Gasteiger partial charge in [-0.05, 0) is 54.6 Å². The Hall–Kier alpha value is -3.88. The van der Waals surface area contributed by atoms with Gasteiger partial charge < -0.3 is 9.80 Å². The highest BCUT2D eigenvalue weighted by Crippen LogP contribution is 2.38. The first kappa shape index (κ1) is 21.9. The van der Waals surface area contributed by atoms with Crippen molar-refractivity contribution in [2.45, 2.75) is 18.6 Å². The van der Waals surface area contributed by atoms with Crippen LogP contribution in [0.5, 0.6) is 0 Å². The maximum atomic E-state index is 14.5. The molecule has 0 bridgehead atoms. The molecular weight excluding hydrogens is 441 g/mol. The Morgan fingerprint density at radius 2 is 1.85 bits per heavy atom. The third kappa shape index (κ3) is 4.21. The zero-order valence-electron chi connectivity index (χ0n) is 18.7. The van der Waals surface area contributed by atoms with Gasteiger partial charge in [-0.3, -0.25) is 4.98 Å². The molecule has 1 aliphatic rings. The second-order valence-corrected chi connectivity index (χ2v) is 8.48. The van der Waals surface area contributed by atoms with E-state index in [0.717, 1.165) is 29.6 Å². The number of nitrogens with zero attached hydrogens (tertiary/aromatic N) is 6. The quantitative estimate of drug-likeness (QED) is 0.419. The number of pyridine rings is 1. The van der Waals surface area contributed by atoms with Crippen LogP contribution in [0.1, 0.15) is 29.4 Å². The summed E-state index contributed by atoms with van der Waals surface area (Å²) in [5.74, 6) is -0.663. The number of alkyl halides is 1. The summed E-state index contributed by atoms with van der Waals surface area (Å²) in [6.45, 7) is 0.0428. The van der Waals surface area contributed by atoms with E-state index in [0.29, 0.717) is 17.2 Å². The highest BCUT2D eigenvalue weighted by atomic mass is 19.1. The van der Waals surface area contributed by atoms with Gasteiger partial charge in [0.2, 0.25) is 0 Å². The standard InChI is InChI=1S/C25H23F3N6/c1-32(2)19-6-4-18(29-13-19)5-7-20-14-30-24-9-10-25(31-34(20)24)33-15-17(27)12-23(33)21-11-16(26)3-8-22(21)28/h3-11,13-14,17,23H,12,15H2,1-2H3/b7-5+/t17-,23+/m0/s1. The third-order valence-electron chi connectivity index (χ3n) is 5.95. The van der Waals surface area contributed by atoms with Crippen LogP contribution in [-0.4, -0.2) is 46.4 Å². The summed E-state index contributed by atoms with van der Waals surface area (Å²) < 4.78 is 44.3. The van der Waals surface area contributed by atoms with Crippen LogP contribution in [0.2, 0.25) is 0 Å². The van der Waals surface area contributed by atoms with Gasteiger partial charge in [-0.1, -0.05) is 0 Å². The Kier molecular flexibility index (Phi) is 5.69. The number of rotatable bonds is 5. The first-order chi connectivity index (χ1) is 16.4. The molecule has 4 heterocycles. The topological polar surface area (TPSA) is 49.6 Å². The van der Waals surface area contributed by atoms with Gasteiger partial charge in [0.1, 0.15) is 23.6 Å². The van der Waals surface area contributed by atoms with Crippen LogP contribution in [0.25, 0.3) is 17.8 Å². The minimum absolute atomic E-state index is 0.0428. The Labute approximate surface area is 195 Å². The fraction of sp³-hybridized carbons (Fsp3) is 0.240. The fourth-order valence-corrected chi connectivity index (χ4v) is 4.18. The molecule has 1 fully saturated rings. The van der Waals surface area contributed by atoms with Crippen LogP contribution in [0.15, 0.2) is 54.9 Å². The molecule has 0 N–H and O–H groups in total. The highest BCUT2D eigenvalue weighted by Gasteiger charge is 2.36. The summed E-state index contributed by atoms with van der Waals surface area (Å²) in [5, 5.41) is 4.65. The van der Waals surface area contributed by atoms with Crippen molar-refractivity contribution < 1.29 is 13.2 Å². The van der Waals surface area contributed by atoms with Gasteiger partial charge in [0.05, 0.1) is 42.1 Å². The molecule has 0 saturated carbocycles. The fourth-order valence-electron chi connectivity index (χ4n) is 4.18. The van der Waals surface area contributed by atoms with Crippen molar-refractivity contribution in [2.24, 2.45) is 0 Å². The van der Waals surface area contributed by atoms with E-state index < -0.39 is 23.8 Å². The molecule has 0 unspecified atom stereocenters. The van der Waals surface area contributed by atoms with Crippen molar-refractivity contribution in [3.8, 4) is 0 Å². The van der Waals surface area contributed by atoms with Crippen LogP contribution in [0.4, 0.5) is 24.7 Å². The van der Waals surface area contributed by atoms with Gasteiger partial charge in [0.15, 0.2) is 5.65 Å². The van der Waals surface area contributed by atoms with Crippen molar-refractivity contribution in [3.63, 3.8) is 0 Å². The van der Waals surface area contributed by atoms with E-state index in [1.165, 1.54) is 0 Å². The molecule has 0 radical (unpaired) electrons. The largest absolute Gasteiger partial charge is 0.376 e.